The second kappa shape index (κ2) is 7.14. The van der Waals surface area contributed by atoms with Crippen molar-refractivity contribution in [3.05, 3.63) is 23.8 Å². The van der Waals surface area contributed by atoms with Crippen LogP contribution in [0.3, 0.4) is 0 Å². The molecule has 0 saturated heterocycles. The van der Waals surface area contributed by atoms with E-state index in [1.54, 1.807) is 7.11 Å². The van der Waals surface area contributed by atoms with E-state index in [1.165, 1.54) is 0 Å². The lowest BCUT2D eigenvalue weighted by molar-refractivity contribution is -0.143. The number of carbonyl (C=O) groups is 1. The standard InChI is InChI=1S/C15H21NO4/c1-3-19-15(17)6-8-16-13-7-9-20-14-5-4-11(18-2)10-12(13)14/h4-5,10,13,16H,3,6-9H2,1-2H3. The summed E-state index contributed by atoms with van der Waals surface area (Å²) >= 11 is 0. The van der Waals surface area contributed by atoms with Crippen molar-refractivity contribution in [3.8, 4) is 11.5 Å². The summed E-state index contributed by atoms with van der Waals surface area (Å²) < 4.78 is 15.8. The molecule has 0 bridgehead atoms. The summed E-state index contributed by atoms with van der Waals surface area (Å²) in [7, 11) is 1.65. The number of methoxy groups -OCH3 is 1. The van der Waals surface area contributed by atoms with Crippen LogP contribution in [-0.4, -0.2) is 32.8 Å². The minimum Gasteiger partial charge on any atom is -0.497 e. The monoisotopic (exact) mass is 279 g/mol. The van der Waals surface area contributed by atoms with Crippen molar-refractivity contribution in [3.63, 3.8) is 0 Å². The van der Waals surface area contributed by atoms with Gasteiger partial charge in [-0.3, -0.25) is 4.79 Å². The Morgan fingerprint density at radius 2 is 2.35 bits per heavy atom. The molecule has 0 saturated carbocycles. The quantitative estimate of drug-likeness (QED) is 0.808. The molecule has 0 fully saturated rings. The predicted octanol–water partition coefficient (Wildman–Crippen LogP) is 2.06. The van der Waals surface area contributed by atoms with Crippen LogP contribution in [0.2, 0.25) is 0 Å². The molecule has 1 aliphatic heterocycles. The summed E-state index contributed by atoms with van der Waals surface area (Å²) in [6.45, 7) is 3.51. The fourth-order valence-corrected chi connectivity index (χ4v) is 2.29. The van der Waals surface area contributed by atoms with Gasteiger partial charge < -0.3 is 19.5 Å². The fraction of sp³-hybridized carbons (Fsp3) is 0.533. The molecule has 1 unspecified atom stereocenters. The van der Waals surface area contributed by atoms with Gasteiger partial charge in [-0.1, -0.05) is 0 Å². The van der Waals surface area contributed by atoms with Crippen molar-refractivity contribution < 1.29 is 19.0 Å². The van der Waals surface area contributed by atoms with E-state index in [4.69, 9.17) is 14.2 Å². The van der Waals surface area contributed by atoms with Gasteiger partial charge in [-0.05, 0) is 25.1 Å². The third-order valence-electron chi connectivity index (χ3n) is 3.28. The smallest absolute Gasteiger partial charge is 0.307 e. The number of fused-ring (bicyclic) bond motifs is 1. The highest BCUT2D eigenvalue weighted by atomic mass is 16.5. The van der Waals surface area contributed by atoms with Gasteiger partial charge >= 0.3 is 5.97 Å². The Morgan fingerprint density at radius 3 is 3.10 bits per heavy atom. The molecular formula is C15H21NO4. The average Bonchev–Trinajstić information content (AvgIpc) is 2.47. The van der Waals surface area contributed by atoms with Crippen molar-refractivity contribution in [2.45, 2.75) is 25.8 Å². The molecule has 2 rings (SSSR count). The van der Waals surface area contributed by atoms with E-state index in [9.17, 15) is 4.79 Å². The molecule has 5 nitrogen and oxygen atoms in total. The third kappa shape index (κ3) is 3.63. The zero-order valence-electron chi connectivity index (χ0n) is 12.0. The maximum Gasteiger partial charge on any atom is 0.307 e. The first-order chi connectivity index (χ1) is 9.74. The number of rotatable bonds is 6. The largest absolute Gasteiger partial charge is 0.497 e. The summed E-state index contributed by atoms with van der Waals surface area (Å²) in [5.41, 5.74) is 1.08. The van der Waals surface area contributed by atoms with E-state index >= 15 is 0 Å². The van der Waals surface area contributed by atoms with E-state index in [0.717, 1.165) is 23.5 Å². The number of ether oxygens (including phenoxy) is 3. The molecule has 0 aliphatic carbocycles. The van der Waals surface area contributed by atoms with E-state index in [2.05, 4.69) is 5.32 Å². The first-order valence-corrected chi connectivity index (χ1v) is 6.94. The molecule has 0 radical (unpaired) electrons. The molecule has 0 amide bonds. The zero-order chi connectivity index (χ0) is 14.4. The molecule has 20 heavy (non-hydrogen) atoms. The molecule has 1 atom stereocenters. The minimum absolute atomic E-state index is 0.169. The number of hydrogen-bond acceptors (Lipinski definition) is 5. The average molecular weight is 279 g/mol. The van der Waals surface area contributed by atoms with Crippen LogP contribution < -0.4 is 14.8 Å². The fourth-order valence-electron chi connectivity index (χ4n) is 2.29. The number of nitrogens with one attached hydrogen (secondary N) is 1. The number of hydrogen-bond donors (Lipinski definition) is 1. The Hall–Kier alpha value is -1.75. The Morgan fingerprint density at radius 1 is 1.50 bits per heavy atom. The van der Waals surface area contributed by atoms with Crippen LogP contribution >= 0.6 is 0 Å². The Kier molecular flexibility index (Phi) is 5.24. The van der Waals surface area contributed by atoms with Gasteiger partial charge in [0.15, 0.2) is 0 Å². The lowest BCUT2D eigenvalue weighted by atomic mass is 10.00. The van der Waals surface area contributed by atoms with Gasteiger partial charge in [0, 0.05) is 24.6 Å². The lowest BCUT2D eigenvalue weighted by Crippen LogP contribution is -2.29. The Labute approximate surface area is 119 Å². The van der Waals surface area contributed by atoms with Gasteiger partial charge in [-0.15, -0.1) is 0 Å². The van der Waals surface area contributed by atoms with E-state index < -0.39 is 0 Å². The van der Waals surface area contributed by atoms with Crippen LogP contribution in [-0.2, 0) is 9.53 Å². The van der Waals surface area contributed by atoms with Crippen LogP contribution in [0.5, 0.6) is 11.5 Å². The molecule has 1 aromatic carbocycles. The molecule has 0 spiro atoms. The highest BCUT2D eigenvalue weighted by molar-refractivity contribution is 5.69. The molecule has 1 aromatic rings. The molecule has 1 aliphatic rings. The predicted molar refractivity (Wildman–Crippen MR) is 75.1 cm³/mol. The minimum atomic E-state index is -0.169. The van der Waals surface area contributed by atoms with Crippen molar-refractivity contribution >= 4 is 5.97 Å². The Bertz CT molecular complexity index is 461. The summed E-state index contributed by atoms with van der Waals surface area (Å²) in [4.78, 5) is 11.3. The van der Waals surface area contributed by atoms with E-state index in [1.807, 2.05) is 25.1 Å². The second-order valence-electron chi connectivity index (χ2n) is 4.60. The molecule has 5 heteroatoms. The summed E-state index contributed by atoms with van der Waals surface area (Å²) in [5, 5.41) is 3.38. The number of carbonyl (C=O) groups excluding carboxylic acids is 1. The van der Waals surface area contributed by atoms with Gasteiger partial charge in [0.25, 0.3) is 0 Å². The number of esters is 1. The Balaban J connectivity index is 1.95. The van der Waals surface area contributed by atoms with Crippen molar-refractivity contribution in [1.82, 2.24) is 5.32 Å². The molecule has 1 heterocycles. The maximum atomic E-state index is 11.3. The molecule has 0 aromatic heterocycles. The first-order valence-electron chi connectivity index (χ1n) is 6.94. The summed E-state index contributed by atoms with van der Waals surface area (Å²) in [6.07, 6.45) is 1.26. The highest BCUT2D eigenvalue weighted by Gasteiger charge is 2.21. The molecule has 110 valence electrons. The van der Waals surface area contributed by atoms with Crippen molar-refractivity contribution in [2.75, 3.05) is 26.9 Å². The van der Waals surface area contributed by atoms with Crippen LogP contribution in [0, 0.1) is 0 Å². The highest BCUT2D eigenvalue weighted by Crippen LogP contribution is 2.34. The van der Waals surface area contributed by atoms with E-state index in [0.29, 0.717) is 26.2 Å². The van der Waals surface area contributed by atoms with Crippen molar-refractivity contribution in [2.24, 2.45) is 0 Å². The van der Waals surface area contributed by atoms with E-state index in [-0.39, 0.29) is 12.0 Å². The van der Waals surface area contributed by atoms with Crippen LogP contribution in [0.15, 0.2) is 18.2 Å². The van der Waals surface area contributed by atoms with Gasteiger partial charge in [0.1, 0.15) is 11.5 Å². The normalized spacial score (nSPS) is 17.0. The van der Waals surface area contributed by atoms with Crippen LogP contribution in [0.1, 0.15) is 31.4 Å². The maximum absolute atomic E-state index is 11.3. The third-order valence-corrected chi connectivity index (χ3v) is 3.28. The lowest BCUT2D eigenvalue weighted by Gasteiger charge is -2.27. The zero-order valence-corrected chi connectivity index (χ0v) is 12.0. The van der Waals surface area contributed by atoms with Gasteiger partial charge in [-0.25, -0.2) is 0 Å². The molecular weight excluding hydrogens is 258 g/mol. The second-order valence-corrected chi connectivity index (χ2v) is 4.60. The van der Waals surface area contributed by atoms with Crippen molar-refractivity contribution in [1.29, 1.82) is 0 Å². The SMILES string of the molecule is CCOC(=O)CCNC1CCOc2ccc(OC)cc21. The first kappa shape index (κ1) is 14.7. The topological polar surface area (TPSA) is 56.8 Å². The number of benzene rings is 1. The summed E-state index contributed by atoms with van der Waals surface area (Å²) in [6, 6.07) is 5.98. The summed E-state index contributed by atoms with van der Waals surface area (Å²) in [5.74, 6) is 1.52. The van der Waals surface area contributed by atoms with Gasteiger partial charge in [0.2, 0.25) is 0 Å². The van der Waals surface area contributed by atoms with Crippen LogP contribution in [0.25, 0.3) is 0 Å². The molecule has 1 N–H and O–H groups in total. The van der Waals surface area contributed by atoms with Gasteiger partial charge in [0.05, 0.1) is 26.7 Å². The van der Waals surface area contributed by atoms with Crippen LogP contribution in [0.4, 0.5) is 0 Å². The van der Waals surface area contributed by atoms with Gasteiger partial charge in [-0.2, -0.15) is 0 Å².